The lowest BCUT2D eigenvalue weighted by Gasteiger charge is -2.12. The van der Waals surface area contributed by atoms with Gasteiger partial charge < -0.3 is 9.53 Å². The number of hydrogen-bond donors (Lipinski definition) is 0. The highest BCUT2D eigenvalue weighted by atomic mass is 35.5. The summed E-state index contributed by atoms with van der Waals surface area (Å²) in [6.45, 7) is 1.48. The molecule has 0 radical (unpaired) electrons. The number of carbonyl (C=O) groups is 1. The zero-order valence-corrected chi connectivity index (χ0v) is 14.2. The lowest BCUT2D eigenvalue weighted by atomic mass is 10.1. The first-order valence-electron chi connectivity index (χ1n) is 7.39. The zero-order chi connectivity index (χ0) is 19.5. The summed E-state index contributed by atoms with van der Waals surface area (Å²) in [5.74, 6) is -0.166. The minimum Gasteiger partial charge on any atom is -0.450 e. The van der Waals surface area contributed by atoms with Crippen molar-refractivity contribution in [2.24, 2.45) is 0 Å². The van der Waals surface area contributed by atoms with E-state index in [2.05, 4.69) is 0 Å². The Morgan fingerprint density at radius 3 is 2.35 bits per heavy atom. The smallest absolute Gasteiger partial charge is 0.418 e. The Kier molecular flexibility index (Phi) is 5.86. The number of carbonyl (C=O) groups excluding carboxylic acids is 1. The predicted octanol–water partition coefficient (Wildman–Crippen LogP) is 5.58. The van der Waals surface area contributed by atoms with Crippen LogP contribution in [0, 0.1) is 10.1 Å². The van der Waals surface area contributed by atoms with Crippen LogP contribution >= 0.6 is 11.6 Å². The lowest BCUT2D eigenvalue weighted by molar-refractivity contribution is -0.385. The molecule has 0 aliphatic carbocycles. The van der Waals surface area contributed by atoms with E-state index in [0.717, 1.165) is 11.6 Å². The summed E-state index contributed by atoms with van der Waals surface area (Å²) in [7, 11) is 0. The van der Waals surface area contributed by atoms with Gasteiger partial charge >= 0.3 is 11.9 Å². The number of hydrogen-bond acceptors (Lipinski definition) is 4. The van der Waals surface area contributed by atoms with Crippen LogP contribution in [0.1, 0.15) is 24.5 Å². The van der Waals surface area contributed by atoms with Crippen molar-refractivity contribution in [1.29, 1.82) is 0 Å². The van der Waals surface area contributed by atoms with Crippen molar-refractivity contribution in [3.05, 3.63) is 62.7 Å². The quantitative estimate of drug-likeness (QED) is 0.479. The van der Waals surface area contributed by atoms with Gasteiger partial charge in [-0.05, 0) is 31.0 Å². The van der Waals surface area contributed by atoms with Crippen LogP contribution in [-0.4, -0.2) is 10.7 Å². The normalized spacial score (nSPS) is 11.3. The fourth-order valence-corrected chi connectivity index (χ4v) is 2.42. The number of nitro benzene ring substituents is 1. The first-order valence-corrected chi connectivity index (χ1v) is 7.77. The first-order chi connectivity index (χ1) is 12.1. The van der Waals surface area contributed by atoms with E-state index < -0.39 is 33.1 Å². The lowest BCUT2D eigenvalue weighted by Crippen LogP contribution is -2.07. The predicted molar refractivity (Wildman–Crippen MR) is 88.6 cm³/mol. The third kappa shape index (κ3) is 4.95. The van der Waals surface area contributed by atoms with E-state index in [1.54, 1.807) is 12.1 Å². The zero-order valence-electron chi connectivity index (χ0n) is 13.5. The monoisotopic (exact) mass is 387 g/mol. The highest BCUT2D eigenvalue weighted by Gasteiger charge is 2.36. The van der Waals surface area contributed by atoms with Gasteiger partial charge in [0.05, 0.1) is 15.5 Å². The number of benzene rings is 2. The fourth-order valence-electron chi connectivity index (χ4n) is 2.16. The summed E-state index contributed by atoms with van der Waals surface area (Å²) in [5.41, 5.74) is -1.30. The molecule has 0 spiro atoms. The van der Waals surface area contributed by atoms with Gasteiger partial charge in [-0.3, -0.25) is 10.1 Å². The third-order valence-electron chi connectivity index (χ3n) is 3.47. The maximum absolute atomic E-state index is 12.9. The molecule has 0 unspecified atom stereocenters. The average molecular weight is 388 g/mol. The molecule has 0 aliphatic heterocycles. The molecule has 5 nitrogen and oxygen atoms in total. The van der Waals surface area contributed by atoms with Crippen LogP contribution in [0.2, 0.25) is 5.02 Å². The Bertz CT molecular complexity index is 835. The number of Topliss-reactive ketones (excluding diaryl/α,β-unsaturated/α-hetero) is 1. The molecular formula is C17H13ClF3NO4. The van der Waals surface area contributed by atoms with Gasteiger partial charge in [-0.1, -0.05) is 23.7 Å². The Labute approximate surface area is 151 Å². The fraction of sp³-hybridized carbons (Fsp3) is 0.235. The first kappa shape index (κ1) is 19.7. The molecule has 138 valence electrons. The van der Waals surface area contributed by atoms with Gasteiger partial charge in [0.2, 0.25) is 5.75 Å². The summed E-state index contributed by atoms with van der Waals surface area (Å²) >= 11 is 5.60. The van der Waals surface area contributed by atoms with Gasteiger partial charge in [-0.2, -0.15) is 13.2 Å². The molecule has 0 aromatic heterocycles. The minimum atomic E-state index is -4.82. The Hall–Kier alpha value is -2.61. The number of aryl methyl sites for hydroxylation is 1. The topological polar surface area (TPSA) is 69.4 Å². The van der Waals surface area contributed by atoms with Crippen molar-refractivity contribution in [3.63, 3.8) is 0 Å². The molecule has 2 aromatic carbocycles. The molecule has 2 rings (SSSR count). The molecule has 2 aromatic rings. The van der Waals surface area contributed by atoms with E-state index >= 15 is 0 Å². The van der Waals surface area contributed by atoms with E-state index in [9.17, 15) is 28.1 Å². The van der Waals surface area contributed by atoms with Crippen LogP contribution < -0.4 is 4.74 Å². The molecule has 0 atom stereocenters. The van der Waals surface area contributed by atoms with Gasteiger partial charge in [0, 0.05) is 18.6 Å². The number of rotatable bonds is 6. The third-order valence-corrected chi connectivity index (χ3v) is 3.78. The second-order valence-corrected chi connectivity index (χ2v) is 5.91. The van der Waals surface area contributed by atoms with Crippen LogP contribution in [0.25, 0.3) is 0 Å². The van der Waals surface area contributed by atoms with Gasteiger partial charge in [-0.15, -0.1) is 0 Å². The van der Waals surface area contributed by atoms with Gasteiger partial charge in [-0.25, -0.2) is 0 Å². The van der Waals surface area contributed by atoms with E-state index in [4.69, 9.17) is 16.3 Å². The molecule has 0 bridgehead atoms. The summed E-state index contributed by atoms with van der Waals surface area (Å²) < 4.78 is 43.9. The van der Waals surface area contributed by atoms with Crippen molar-refractivity contribution >= 4 is 23.1 Å². The van der Waals surface area contributed by atoms with Crippen LogP contribution in [0.5, 0.6) is 11.5 Å². The highest BCUT2D eigenvalue weighted by molar-refractivity contribution is 6.31. The highest BCUT2D eigenvalue weighted by Crippen LogP contribution is 2.42. The number of ether oxygens (including phenoxy) is 1. The summed E-state index contributed by atoms with van der Waals surface area (Å²) in [6.07, 6.45) is -3.92. The van der Waals surface area contributed by atoms with Gasteiger partial charge in [0.25, 0.3) is 0 Å². The Morgan fingerprint density at radius 1 is 1.23 bits per heavy atom. The van der Waals surface area contributed by atoms with E-state index in [0.29, 0.717) is 18.9 Å². The summed E-state index contributed by atoms with van der Waals surface area (Å²) in [4.78, 5) is 21.1. The van der Waals surface area contributed by atoms with E-state index in [1.165, 1.54) is 19.1 Å². The number of nitro groups is 1. The standard InChI is InChI=1S/C17H13ClF3NO4/c1-10(23)2-3-11-4-6-12(7-5-11)26-16-9-14(18)13(17(19,20)21)8-15(16)22(24)25/h4-9H,2-3H2,1H3. The molecule has 26 heavy (non-hydrogen) atoms. The SMILES string of the molecule is CC(=O)CCc1ccc(Oc2cc(Cl)c(C(F)(F)F)cc2[N+](=O)[O-])cc1. The van der Waals surface area contributed by atoms with Crippen LogP contribution in [0.3, 0.4) is 0 Å². The number of ketones is 1. The molecule has 0 saturated carbocycles. The molecule has 0 aliphatic rings. The van der Waals surface area contributed by atoms with Crippen molar-refractivity contribution in [3.8, 4) is 11.5 Å². The van der Waals surface area contributed by atoms with Crippen molar-refractivity contribution in [2.45, 2.75) is 25.9 Å². The maximum atomic E-state index is 12.9. The maximum Gasteiger partial charge on any atom is 0.418 e. The second-order valence-electron chi connectivity index (χ2n) is 5.50. The van der Waals surface area contributed by atoms with Gasteiger partial charge in [0.15, 0.2) is 0 Å². The van der Waals surface area contributed by atoms with Crippen molar-refractivity contribution < 1.29 is 27.6 Å². The number of halogens is 4. The molecule has 0 fully saturated rings. The molecule has 0 N–H and O–H groups in total. The summed E-state index contributed by atoms with van der Waals surface area (Å²) in [5, 5.41) is 10.4. The van der Waals surface area contributed by atoms with Crippen molar-refractivity contribution in [1.82, 2.24) is 0 Å². The van der Waals surface area contributed by atoms with Gasteiger partial charge in [0.1, 0.15) is 11.5 Å². The largest absolute Gasteiger partial charge is 0.450 e. The molecule has 9 heteroatoms. The average Bonchev–Trinajstić information content (AvgIpc) is 2.52. The second kappa shape index (κ2) is 7.74. The summed E-state index contributed by atoms with van der Waals surface area (Å²) in [6, 6.07) is 7.45. The van der Waals surface area contributed by atoms with E-state index in [-0.39, 0.29) is 11.5 Å². The molecular weight excluding hydrogens is 375 g/mol. The minimum absolute atomic E-state index is 0.0420. The van der Waals surface area contributed by atoms with Crippen LogP contribution in [-0.2, 0) is 17.4 Å². The number of nitrogens with zero attached hydrogens (tertiary/aromatic N) is 1. The molecule has 0 saturated heterocycles. The Balaban J connectivity index is 2.30. The molecule has 0 amide bonds. The van der Waals surface area contributed by atoms with Crippen molar-refractivity contribution in [2.75, 3.05) is 0 Å². The number of alkyl halides is 3. The van der Waals surface area contributed by atoms with E-state index in [1.807, 2.05) is 0 Å². The van der Waals surface area contributed by atoms with Crippen LogP contribution in [0.4, 0.5) is 18.9 Å². The van der Waals surface area contributed by atoms with Crippen LogP contribution in [0.15, 0.2) is 36.4 Å². The molecule has 0 heterocycles. The Morgan fingerprint density at radius 2 is 1.85 bits per heavy atom.